The molecule has 1 saturated heterocycles. The van der Waals surface area contributed by atoms with Gasteiger partial charge in [-0.05, 0) is 43.9 Å². The maximum absolute atomic E-state index is 12.6. The fourth-order valence-electron chi connectivity index (χ4n) is 3.69. The number of nitrogens with zero attached hydrogens (tertiary/aromatic N) is 4. The van der Waals surface area contributed by atoms with Crippen molar-refractivity contribution in [2.75, 3.05) is 18.4 Å². The van der Waals surface area contributed by atoms with Crippen LogP contribution in [0.1, 0.15) is 47.7 Å². The molecule has 4 rings (SSSR count). The van der Waals surface area contributed by atoms with Crippen LogP contribution in [0.2, 0.25) is 0 Å². The third-order valence-corrected chi connectivity index (χ3v) is 5.10. The van der Waals surface area contributed by atoms with Crippen LogP contribution in [0, 0.1) is 0 Å². The molecule has 1 aromatic carbocycles. The number of fused-ring (bicyclic) bond motifs is 1. The highest BCUT2D eigenvalue weighted by atomic mass is 16.2. The Morgan fingerprint density at radius 1 is 1.04 bits per heavy atom. The van der Waals surface area contributed by atoms with E-state index in [0.717, 1.165) is 57.0 Å². The van der Waals surface area contributed by atoms with Crippen molar-refractivity contribution in [2.24, 2.45) is 0 Å². The van der Waals surface area contributed by atoms with Crippen LogP contribution in [0.15, 0.2) is 24.3 Å². The average Bonchev–Trinajstić information content (AvgIpc) is 3.31. The second-order valence-electron chi connectivity index (χ2n) is 7.03. The summed E-state index contributed by atoms with van der Waals surface area (Å²) in [6, 6.07) is 6.76. The fraction of sp³-hybridized carbons (Fsp3) is 0.474. The normalized spacial score (nSPS) is 16.1. The SMILES string of the molecule is O=C(NCc1nnc2n1CCC2)Nc1cccc(C(=O)N2CCCCC2)c1. The molecule has 0 atom stereocenters. The molecule has 0 radical (unpaired) electrons. The number of benzene rings is 1. The predicted molar refractivity (Wildman–Crippen MR) is 100 cm³/mol. The smallest absolute Gasteiger partial charge is 0.319 e. The summed E-state index contributed by atoms with van der Waals surface area (Å²) in [5.41, 5.74) is 1.20. The first-order valence-corrected chi connectivity index (χ1v) is 9.56. The molecular formula is C19H24N6O2. The molecule has 0 spiro atoms. The van der Waals surface area contributed by atoms with Gasteiger partial charge in [-0.3, -0.25) is 4.79 Å². The summed E-state index contributed by atoms with van der Waals surface area (Å²) >= 11 is 0. The maximum atomic E-state index is 12.6. The van der Waals surface area contributed by atoms with Crippen LogP contribution in [-0.2, 0) is 19.5 Å². The summed E-state index contributed by atoms with van der Waals surface area (Å²) in [6.07, 6.45) is 5.30. The number of carbonyl (C=O) groups excluding carboxylic acids is 2. The van der Waals surface area contributed by atoms with E-state index in [9.17, 15) is 9.59 Å². The number of carbonyl (C=O) groups is 2. The first-order valence-electron chi connectivity index (χ1n) is 9.56. The minimum Gasteiger partial charge on any atom is -0.339 e. The number of piperidine rings is 1. The Balaban J connectivity index is 1.34. The number of hydrogen-bond donors (Lipinski definition) is 2. The van der Waals surface area contributed by atoms with Crippen molar-refractivity contribution in [3.8, 4) is 0 Å². The van der Waals surface area contributed by atoms with Gasteiger partial charge >= 0.3 is 6.03 Å². The van der Waals surface area contributed by atoms with E-state index in [1.165, 1.54) is 6.42 Å². The van der Waals surface area contributed by atoms with Gasteiger partial charge in [-0.25, -0.2) is 4.79 Å². The number of aromatic nitrogens is 3. The highest BCUT2D eigenvalue weighted by molar-refractivity contribution is 5.96. The summed E-state index contributed by atoms with van der Waals surface area (Å²) in [4.78, 5) is 26.7. The predicted octanol–water partition coefficient (Wildman–Crippen LogP) is 2.17. The Morgan fingerprint density at radius 2 is 1.89 bits per heavy atom. The molecular weight excluding hydrogens is 344 g/mol. The molecule has 1 fully saturated rings. The standard InChI is InChI=1S/C19H24N6O2/c26-18(24-9-2-1-3-10-24)14-6-4-7-15(12-14)21-19(27)20-13-17-23-22-16-8-5-11-25(16)17/h4,6-7,12H,1-3,5,8-11,13H2,(H2,20,21,27). The summed E-state index contributed by atoms with van der Waals surface area (Å²) in [5, 5.41) is 13.9. The van der Waals surface area contributed by atoms with Crippen LogP contribution in [0.3, 0.4) is 0 Å². The second kappa shape index (κ2) is 7.77. The summed E-state index contributed by atoms with van der Waals surface area (Å²) in [6.45, 7) is 2.84. The Hall–Kier alpha value is -2.90. The van der Waals surface area contributed by atoms with E-state index in [0.29, 0.717) is 17.8 Å². The minimum atomic E-state index is -0.326. The first kappa shape index (κ1) is 17.5. The molecule has 0 bridgehead atoms. The van der Waals surface area contributed by atoms with Gasteiger partial charge in [-0.2, -0.15) is 0 Å². The molecule has 2 aliphatic heterocycles. The molecule has 8 nitrogen and oxygen atoms in total. The molecule has 2 N–H and O–H groups in total. The van der Waals surface area contributed by atoms with Crippen LogP contribution in [0.5, 0.6) is 0 Å². The van der Waals surface area contributed by atoms with Crippen molar-refractivity contribution < 1.29 is 9.59 Å². The number of hydrogen-bond acceptors (Lipinski definition) is 4. The van der Waals surface area contributed by atoms with Gasteiger partial charge < -0.3 is 20.1 Å². The Morgan fingerprint density at radius 3 is 2.74 bits per heavy atom. The third kappa shape index (κ3) is 3.94. The van der Waals surface area contributed by atoms with E-state index >= 15 is 0 Å². The maximum Gasteiger partial charge on any atom is 0.319 e. The second-order valence-corrected chi connectivity index (χ2v) is 7.03. The van der Waals surface area contributed by atoms with Gasteiger partial charge in [0.25, 0.3) is 5.91 Å². The van der Waals surface area contributed by atoms with Crippen LogP contribution in [0.25, 0.3) is 0 Å². The minimum absolute atomic E-state index is 0.0257. The number of urea groups is 1. The Kier molecular flexibility index (Phi) is 5.04. The molecule has 0 aliphatic carbocycles. The number of amides is 3. The fourth-order valence-corrected chi connectivity index (χ4v) is 3.69. The van der Waals surface area contributed by atoms with E-state index in [-0.39, 0.29) is 11.9 Å². The highest BCUT2D eigenvalue weighted by Crippen LogP contribution is 2.17. The highest BCUT2D eigenvalue weighted by Gasteiger charge is 2.19. The van der Waals surface area contributed by atoms with Gasteiger partial charge in [-0.15, -0.1) is 10.2 Å². The lowest BCUT2D eigenvalue weighted by atomic mass is 10.1. The van der Waals surface area contributed by atoms with Crippen molar-refractivity contribution in [2.45, 2.75) is 45.2 Å². The molecule has 2 aromatic rings. The lowest BCUT2D eigenvalue weighted by Gasteiger charge is -2.26. The first-order chi connectivity index (χ1) is 13.2. The van der Waals surface area contributed by atoms with E-state index in [1.807, 2.05) is 4.90 Å². The molecule has 0 saturated carbocycles. The van der Waals surface area contributed by atoms with Crippen LogP contribution in [0.4, 0.5) is 10.5 Å². The van der Waals surface area contributed by atoms with Gasteiger partial charge in [0.15, 0.2) is 5.82 Å². The lowest BCUT2D eigenvalue weighted by Crippen LogP contribution is -2.35. The molecule has 0 unspecified atom stereocenters. The Bertz CT molecular complexity index is 840. The molecule has 2 aliphatic rings. The van der Waals surface area contributed by atoms with Crippen molar-refractivity contribution >= 4 is 17.6 Å². The van der Waals surface area contributed by atoms with Crippen LogP contribution in [-0.4, -0.2) is 44.7 Å². The van der Waals surface area contributed by atoms with Gasteiger partial charge in [0.2, 0.25) is 0 Å². The molecule has 142 valence electrons. The Labute approximate surface area is 158 Å². The number of nitrogens with one attached hydrogen (secondary N) is 2. The third-order valence-electron chi connectivity index (χ3n) is 5.10. The summed E-state index contributed by atoms with van der Waals surface area (Å²) in [5.74, 6) is 1.78. The van der Waals surface area contributed by atoms with Crippen molar-refractivity contribution in [3.63, 3.8) is 0 Å². The summed E-state index contributed by atoms with van der Waals surface area (Å²) < 4.78 is 2.05. The topological polar surface area (TPSA) is 92.1 Å². The van der Waals surface area contributed by atoms with E-state index in [4.69, 9.17) is 0 Å². The molecule has 8 heteroatoms. The van der Waals surface area contributed by atoms with Crippen molar-refractivity contribution in [1.29, 1.82) is 0 Å². The molecule has 3 amide bonds. The van der Waals surface area contributed by atoms with E-state index in [2.05, 4.69) is 25.4 Å². The lowest BCUT2D eigenvalue weighted by molar-refractivity contribution is 0.0724. The largest absolute Gasteiger partial charge is 0.339 e. The van der Waals surface area contributed by atoms with Crippen LogP contribution >= 0.6 is 0 Å². The van der Waals surface area contributed by atoms with Gasteiger partial charge in [0.1, 0.15) is 5.82 Å². The van der Waals surface area contributed by atoms with E-state index in [1.54, 1.807) is 24.3 Å². The number of anilines is 1. The van der Waals surface area contributed by atoms with Gasteiger partial charge in [-0.1, -0.05) is 6.07 Å². The summed E-state index contributed by atoms with van der Waals surface area (Å²) in [7, 11) is 0. The van der Waals surface area contributed by atoms with Gasteiger partial charge in [0, 0.05) is 37.3 Å². The number of aryl methyl sites for hydroxylation is 1. The average molecular weight is 368 g/mol. The van der Waals surface area contributed by atoms with Crippen molar-refractivity contribution in [3.05, 3.63) is 41.5 Å². The van der Waals surface area contributed by atoms with Gasteiger partial charge in [0.05, 0.1) is 6.54 Å². The molecule has 1 aromatic heterocycles. The molecule has 3 heterocycles. The zero-order chi connectivity index (χ0) is 18.6. The number of likely N-dealkylation sites (tertiary alicyclic amines) is 1. The molecule has 27 heavy (non-hydrogen) atoms. The quantitative estimate of drug-likeness (QED) is 0.865. The van der Waals surface area contributed by atoms with E-state index < -0.39 is 0 Å². The monoisotopic (exact) mass is 368 g/mol. The van der Waals surface area contributed by atoms with Crippen LogP contribution < -0.4 is 10.6 Å². The zero-order valence-electron chi connectivity index (χ0n) is 15.3. The van der Waals surface area contributed by atoms with Crippen molar-refractivity contribution in [1.82, 2.24) is 25.0 Å². The number of rotatable bonds is 4. The zero-order valence-corrected chi connectivity index (χ0v) is 15.3.